The molecule has 1 aromatic carbocycles. The molecule has 1 saturated heterocycles. The minimum Gasteiger partial charge on any atom is -0.494 e. The molecule has 2 atom stereocenters. The molecular formula is C20H29N5O2. The predicted molar refractivity (Wildman–Crippen MR) is 103 cm³/mol. The highest BCUT2D eigenvalue weighted by atomic mass is 16.5. The standard InChI is InChI=1S/C20H29N5O2/c1-23(2)9-3-11-26-18-6-4-16(5-7-18)13-24-10-8-20-19(14-24)25-17(15-27-20)12-21-22-25/h4-7,12,19-20H,3,8-11,13-15H2,1-2H3/t19-,20+/m0/s1. The van der Waals surface area contributed by atoms with Gasteiger partial charge in [0.15, 0.2) is 0 Å². The third-order valence-electron chi connectivity index (χ3n) is 5.36. The first-order chi connectivity index (χ1) is 13.2. The number of nitrogens with zero attached hydrogens (tertiary/aromatic N) is 5. The molecule has 1 aromatic heterocycles. The summed E-state index contributed by atoms with van der Waals surface area (Å²) in [4.78, 5) is 4.66. The van der Waals surface area contributed by atoms with Gasteiger partial charge in [-0.2, -0.15) is 0 Å². The lowest BCUT2D eigenvalue weighted by molar-refractivity contribution is -0.0669. The van der Waals surface area contributed by atoms with E-state index < -0.39 is 0 Å². The van der Waals surface area contributed by atoms with Crippen LogP contribution >= 0.6 is 0 Å². The molecule has 2 aliphatic rings. The Morgan fingerprint density at radius 1 is 1.26 bits per heavy atom. The highest BCUT2D eigenvalue weighted by Gasteiger charge is 2.36. The highest BCUT2D eigenvalue weighted by molar-refractivity contribution is 5.27. The maximum atomic E-state index is 6.00. The van der Waals surface area contributed by atoms with E-state index >= 15 is 0 Å². The van der Waals surface area contributed by atoms with Gasteiger partial charge in [0, 0.05) is 26.2 Å². The smallest absolute Gasteiger partial charge is 0.119 e. The van der Waals surface area contributed by atoms with Gasteiger partial charge in [-0.3, -0.25) is 4.90 Å². The molecule has 0 amide bonds. The average Bonchev–Trinajstić information content (AvgIpc) is 3.16. The zero-order valence-electron chi connectivity index (χ0n) is 16.3. The summed E-state index contributed by atoms with van der Waals surface area (Å²) < 4.78 is 13.9. The van der Waals surface area contributed by atoms with E-state index in [2.05, 4.69) is 63.2 Å². The molecule has 27 heavy (non-hydrogen) atoms. The minimum atomic E-state index is 0.258. The normalized spacial score (nSPS) is 22.5. The Morgan fingerprint density at radius 3 is 2.93 bits per heavy atom. The second-order valence-electron chi connectivity index (χ2n) is 7.76. The van der Waals surface area contributed by atoms with Gasteiger partial charge in [-0.25, -0.2) is 4.68 Å². The van der Waals surface area contributed by atoms with Crippen LogP contribution < -0.4 is 4.74 Å². The maximum Gasteiger partial charge on any atom is 0.119 e. The SMILES string of the molecule is CN(C)CCCOc1ccc(CN2CC[C@H]3OCc4cnnn4[C@H]3C2)cc1. The quantitative estimate of drug-likeness (QED) is 0.694. The van der Waals surface area contributed by atoms with Crippen molar-refractivity contribution < 1.29 is 9.47 Å². The van der Waals surface area contributed by atoms with Gasteiger partial charge in [0.1, 0.15) is 5.75 Å². The zero-order chi connectivity index (χ0) is 18.6. The number of rotatable bonds is 7. The third kappa shape index (κ3) is 4.48. The zero-order valence-corrected chi connectivity index (χ0v) is 16.3. The monoisotopic (exact) mass is 371 g/mol. The summed E-state index contributed by atoms with van der Waals surface area (Å²) in [5, 5.41) is 8.33. The summed E-state index contributed by atoms with van der Waals surface area (Å²) in [6, 6.07) is 8.77. The predicted octanol–water partition coefficient (Wildman–Crippen LogP) is 1.95. The second-order valence-corrected chi connectivity index (χ2v) is 7.76. The number of likely N-dealkylation sites (tertiary alicyclic amines) is 1. The summed E-state index contributed by atoms with van der Waals surface area (Å²) in [5.41, 5.74) is 2.39. The van der Waals surface area contributed by atoms with E-state index in [0.717, 1.165) is 57.1 Å². The van der Waals surface area contributed by atoms with Crippen LogP contribution in [0.3, 0.4) is 0 Å². The molecule has 3 heterocycles. The molecule has 146 valence electrons. The van der Waals surface area contributed by atoms with E-state index in [0.29, 0.717) is 6.61 Å². The molecule has 0 aliphatic carbocycles. The summed E-state index contributed by atoms with van der Waals surface area (Å²) in [6.07, 6.45) is 4.15. The van der Waals surface area contributed by atoms with Gasteiger partial charge in [0.25, 0.3) is 0 Å². The maximum absolute atomic E-state index is 6.00. The Balaban J connectivity index is 1.30. The largest absolute Gasteiger partial charge is 0.494 e. The molecule has 0 radical (unpaired) electrons. The fourth-order valence-corrected chi connectivity index (χ4v) is 3.91. The van der Waals surface area contributed by atoms with Crippen molar-refractivity contribution in [1.82, 2.24) is 24.8 Å². The molecule has 2 aliphatic heterocycles. The molecule has 7 nitrogen and oxygen atoms in total. The Kier molecular flexibility index (Phi) is 5.71. The van der Waals surface area contributed by atoms with Crippen molar-refractivity contribution in [2.75, 3.05) is 40.3 Å². The minimum absolute atomic E-state index is 0.258. The Hall–Kier alpha value is -1.96. The molecule has 0 saturated carbocycles. The lowest BCUT2D eigenvalue weighted by Gasteiger charge is -2.41. The van der Waals surface area contributed by atoms with Crippen molar-refractivity contribution >= 4 is 0 Å². The van der Waals surface area contributed by atoms with E-state index in [9.17, 15) is 0 Å². The second kappa shape index (κ2) is 8.37. The van der Waals surface area contributed by atoms with Crippen LogP contribution in [0, 0.1) is 0 Å². The first-order valence-electron chi connectivity index (χ1n) is 9.78. The summed E-state index contributed by atoms with van der Waals surface area (Å²) in [6.45, 7) is 5.37. The van der Waals surface area contributed by atoms with Crippen molar-refractivity contribution in [2.24, 2.45) is 0 Å². The molecule has 2 aromatic rings. The number of benzene rings is 1. The number of piperidine rings is 1. The van der Waals surface area contributed by atoms with Crippen molar-refractivity contribution in [3.05, 3.63) is 41.7 Å². The fourth-order valence-electron chi connectivity index (χ4n) is 3.91. The van der Waals surface area contributed by atoms with E-state index in [-0.39, 0.29) is 12.1 Å². The van der Waals surface area contributed by atoms with Crippen LogP contribution in [0.2, 0.25) is 0 Å². The van der Waals surface area contributed by atoms with Gasteiger partial charge in [-0.15, -0.1) is 5.10 Å². The van der Waals surface area contributed by atoms with E-state index in [1.807, 2.05) is 6.20 Å². The van der Waals surface area contributed by atoms with Gasteiger partial charge in [-0.05, 0) is 44.6 Å². The van der Waals surface area contributed by atoms with E-state index in [4.69, 9.17) is 9.47 Å². The highest BCUT2D eigenvalue weighted by Crippen LogP contribution is 2.30. The van der Waals surface area contributed by atoms with Crippen molar-refractivity contribution in [1.29, 1.82) is 0 Å². The molecule has 0 unspecified atom stereocenters. The summed E-state index contributed by atoms with van der Waals surface area (Å²) in [5.74, 6) is 0.948. The molecule has 4 rings (SSSR count). The van der Waals surface area contributed by atoms with E-state index in [1.165, 1.54) is 5.56 Å². The van der Waals surface area contributed by atoms with Crippen LogP contribution in [0.5, 0.6) is 5.75 Å². The Morgan fingerprint density at radius 2 is 2.11 bits per heavy atom. The van der Waals surface area contributed by atoms with Gasteiger partial charge in [-0.1, -0.05) is 17.3 Å². The van der Waals surface area contributed by atoms with Gasteiger partial charge in [0.2, 0.25) is 0 Å². The van der Waals surface area contributed by atoms with Gasteiger partial charge in [0.05, 0.1) is 37.3 Å². The first kappa shape index (κ1) is 18.4. The molecule has 7 heteroatoms. The van der Waals surface area contributed by atoms with Gasteiger partial charge < -0.3 is 14.4 Å². The number of fused-ring (bicyclic) bond motifs is 3. The summed E-state index contributed by atoms with van der Waals surface area (Å²) in [7, 11) is 4.17. The van der Waals surface area contributed by atoms with E-state index in [1.54, 1.807) is 0 Å². The van der Waals surface area contributed by atoms with Crippen molar-refractivity contribution in [3.63, 3.8) is 0 Å². The molecule has 0 bridgehead atoms. The number of ether oxygens (including phenoxy) is 2. The molecule has 0 N–H and O–H groups in total. The average molecular weight is 371 g/mol. The molecule has 0 spiro atoms. The van der Waals surface area contributed by atoms with Crippen LogP contribution in [0.25, 0.3) is 0 Å². The molecule has 1 fully saturated rings. The van der Waals surface area contributed by atoms with Crippen LogP contribution in [-0.2, 0) is 17.9 Å². The topological polar surface area (TPSA) is 55.6 Å². The molecular weight excluding hydrogens is 342 g/mol. The van der Waals surface area contributed by atoms with Crippen LogP contribution in [0.15, 0.2) is 30.5 Å². The first-order valence-corrected chi connectivity index (χ1v) is 9.78. The summed E-state index contributed by atoms with van der Waals surface area (Å²) >= 11 is 0. The number of hydrogen-bond acceptors (Lipinski definition) is 6. The van der Waals surface area contributed by atoms with Crippen LogP contribution in [0.4, 0.5) is 0 Å². The van der Waals surface area contributed by atoms with Crippen LogP contribution in [-0.4, -0.2) is 71.2 Å². The van der Waals surface area contributed by atoms with Crippen molar-refractivity contribution in [2.45, 2.75) is 38.1 Å². The van der Waals surface area contributed by atoms with Gasteiger partial charge >= 0.3 is 0 Å². The lowest BCUT2D eigenvalue weighted by atomic mass is 10.00. The van der Waals surface area contributed by atoms with Crippen LogP contribution in [0.1, 0.15) is 30.1 Å². The fraction of sp³-hybridized carbons (Fsp3) is 0.600. The lowest BCUT2D eigenvalue weighted by Crippen LogP contribution is -2.47. The number of hydrogen-bond donors (Lipinski definition) is 0. The Bertz CT molecular complexity index is 730. The Labute approximate surface area is 160 Å². The van der Waals surface area contributed by atoms with Crippen molar-refractivity contribution in [3.8, 4) is 5.75 Å². The third-order valence-corrected chi connectivity index (χ3v) is 5.36. The number of aromatic nitrogens is 3.